The van der Waals surface area contributed by atoms with Crippen LogP contribution in [0.25, 0.3) is 32.9 Å². The number of aromatic nitrogens is 3. The number of nitrogens with zero attached hydrogens (tertiary/aromatic N) is 5. The number of anilines is 2. The number of alkyl halides is 1. The zero-order valence-corrected chi connectivity index (χ0v) is 28.2. The van der Waals surface area contributed by atoms with Gasteiger partial charge in [-0.3, -0.25) is 4.90 Å². The first-order chi connectivity index (χ1) is 23.6. The van der Waals surface area contributed by atoms with Crippen LogP contribution in [-0.4, -0.2) is 75.9 Å². The zero-order valence-electron chi connectivity index (χ0n) is 28.2. The van der Waals surface area contributed by atoms with E-state index in [2.05, 4.69) is 41.8 Å². The Bertz CT molecular complexity index is 2020. The predicted octanol–water partition coefficient (Wildman–Crippen LogP) is 6.48. The summed E-state index contributed by atoms with van der Waals surface area (Å²) in [6.07, 6.45) is 9.67. The fraction of sp³-hybridized carbons (Fsp3) is 0.500. The van der Waals surface area contributed by atoms with E-state index >= 15 is 8.78 Å². The number of halogens is 3. The van der Waals surface area contributed by atoms with Gasteiger partial charge in [-0.2, -0.15) is 9.97 Å². The topological polar surface area (TPSA) is 92.4 Å². The molecule has 3 fully saturated rings. The summed E-state index contributed by atoms with van der Waals surface area (Å²) in [5, 5.41) is 5.26. The van der Waals surface area contributed by atoms with Crippen LogP contribution in [0.3, 0.4) is 0 Å². The minimum atomic E-state index is -0.912. The minimum Gasteiger partial charge on any atom is -0.461 e. The van der Waals surface area contributed by atoms with Gasteiger partial charge in [0.25, 0.3) is 0 Å². The highest BCUT2D eigenvalue weighted by atomic mass is 19.1. The first-order valence-corrected chi connectivity index (χ1v) is 17.5. The lowest BCUT2D eigenvalue weighted by atomic mass is 9.87. The molecule has 8 rings (SSSR count). The van der Waals surface area contributed by atoms with Crippen molar-refractivity contribution in [3.63, 3.8) is 0 Å². The summed E-state index contributed by atoms with van der Waals surface area (Å²) < 4.78 is 53.5. The molecule has 256 valence electrons. The smallest absolute Gasteiger partial charge is 0.319 e. The Labute approximate surface area is 284 Å². The standard InChI is InChI=1S/C38H42F3N7O/c1-5-25-18-48-29(21(4)43-25)11-8-20(3)33-31-35(45-37(46-36(31)48)49-19-38-12-7-13-47(38)17-23(39)16-38)32(41)34(44-33)27-15-24(42)14-22-9-10-28(40)26(6-2)30(22)27/h2,9-10,14-15,20-21,23,25,29,43H,5,7-8,11-13,16-19,42H2,1,3-4H3/t20-,21+,23-,25-,29+,38+/m1/s1. The van der Waals surface area contributed by atoms with Crippen LogP contribution in [0, 0.1) is 24.0 Å². The van der Waals surface area contributed by atoms with E-state index in [0.29, 0.717) is 58.4 Å². The number of benzene rings is 2. The predicted molar refractivity (Wildman–Crippen MR) is 187 cm³/mol. The number of hydrogen-bond acceptors (Lipinski definition) is 8. The number of nitrogen functional groups attached to an aromatic ring is 1. The van der Waals surface area contributed by atoms with E-state index in [0.717, 1.165) is 38.6 Å². The number of fused-ring (bicyclic) bond motifs is 4. The number of rotatable bonds is 5. The largest absolute Gasteiger partial charge is 0.461 e. The summed E-state index contributed by atoms with van der Waals surface area (Å²) in [4.78, 5) is 19.3. The van der Waals surface area contributed by atoms with E-state index in [1.165, 1.54) is 6.07 Å². The van der Waals surface area contributed by atoms with Crippen LogP contribution in [0.4, 0.5) is 24.7 Å². The lowest BCUT2D eigenvalue weighted by Crippen LogP contribution is -2.61. The maximum Gasteiger partial charge on any atom is 0.319 e. The van der Waals surface area contributed by atoms with Crippen molar-refractivity contribution < 1.29 is 17.9 Å². The SMILES string of the molecule is C#Cc1c(F)ccc2cc(N)cc(-c3nc4c5c(nc(OC[C@@]67CCCN6C[C@H](F)C7)nc5c3F)N3C[C@@H](CC)N[C@@H](C)[C@@H]3CC[C@H]4C)c12. The van der Waals surface area contributed by atoms with Crippen LogP contribution in [0.5, 0.6) is 6.01 Å². The fourth-order valence-corrected chi connectivity index (χ4v) is 9.04. The van der Waals surface area contributed by atoms with Gasteiger partial charge in [0, 0.05) is 54.3 Å². The molecule has 2 aromatic heterocycles. The van der Waals surface area contributed by atoms with Crippen molar-refractivity contribution in [3.8, 4) is 29.6 Å². The molecule has 6 heterocycles. The van der Waals surface area contributed by atoms with E-state index in [9.17, 15) is 4.39 Å². The molecule has 3 N–H and O–H groups in total. The van der Waals surface area contributed by atoms with Gasteiger partial charge in [-0.15, -0.1) is 6.42 Å². The first kappa shape index (κ1) is 32.1. The van der Waals surface area contributed by atoms with Gasteiger partial charge < -0.3 is 20.7 Å². The van der Waals surface area contributed by atoms with Gasteiger partial charge in [-0.1, -0.05) is 25.8 Å². The van der Waals surface area contributed by atoms with E-state index in [4.69, 9.17) is 31.8 Å². The summed E-state index contributed by atoms with van der Waals surface area (Å²) in [6, 6.07) is 6.71. The molecule has 0 saturated carbocycles. The van der Waals surface area contributed by atoms with Gasteiger partial charge in [0.1, 0.15) is 35.6 Å². The fourth-order valence-electron chi connectivity index (χ4n) is 9.04. The Hall–Kier alpha value is -4.14. The maximum atomic E-state index is 17.4. The Morgan fingerprint density at radius 3 is 2.76 bits per heavy atom. The van der Waals surface area contributed by atoms with Crippen LogP contribution in [0.2, 0.25) is 0 Å². The molecular formula is C38H42F3N7O. The van der Waals surface area contributed by atoms with Gasteiger partial charge in [0.05, 0.1) is 22.2 Å². The van der Waals surface area contributed by atoms with Gasteiger partial charge in [0.15, 0.2) is 5.82 Å². The van der Waals surface area contributed by atoms with Crippen molar-refractivity contribution in [2.45, 2.75) is 95.1 Å². The Balaban J connectivity index is 1.37. The third-order valence-corrected chi connectivity index (χ3v) is 11.5. The van der Waals surface area contributed by atoms with E-state index < -0.39 is 23.3 Å². The second kappa shape index (κ2) is 12.0. The van der Waals surface area contributed by atoms with Crippen molar-refractivity contribution in [2.24, 2.45) is 0 Å². The number of piperazine rings is 1. The van der Waals surface area contributed by atoms with Crippen LogP contribution in [0.1, 0.15) is 76.5 Å². The van der Waals surface area contributed by atoms with Crippen molar-refractivity contribution in [1.29, 1.82) is 0 Å². The molecule has 49 heavy (non-hydrogen) atoms. The van der Waals surface area contributed by atoms with Crippen molar-refractivity contribution in [3.05, 3.63) is 47.2 Å². The molecule has 0 bridgehead atoms. The zero-order chi connectivity index (χ0) is 34.2. The molecule has 4 aromatic rings. The first-order valence-electron chi connectivity index (χ1n) is 17.5. The minimum absolute atomic E-state index is 0.00165. The molecule has 4 aliphatic rings. The van der Waals surface area contributed by atoms with Gasteiger partial charge in [-0.25, -0.2) is 18.2 Å². The number of nitrogens with two attached hydrogens (primary N) is 1. The quantitative estimate of drug-likeness (QED) is 0.184. The third-order valence-electron chi connectivity index (χ3n) is 11.5. The molecule has 8 nitrogen and oxygen atoms in total. The normalized spacial score (nSPS) is 28.3. The van der Waals surface area contributed by atoms with Crippen LogP contribution in [0.15, 0.2) is 24.3 Å². The second-order valence-corrected chi connectivity index (χ2v) is 14.6. The van der Waals surface area contributed by atoms with E-state index in [1.54, 1.807) is 18.2 Å². The van der Waals surface area contributed by atoms with Gasteiger partial charge in [0.2, 0.25) is 0 Å². The molecule has 0 radical (unpaired) electrons. The third kappa shape index (κ3) is 5.18. The lowest BCUT2D eigenvalue weighted by molar-refractivity contribution is 0.107. The van der Waals surface area contributed by atoms with Crippen molar-refractivity contribution in [2.75, 3.05) is 36.9 Å². The van der Waals surface area contributed by atoms with Gasteiger partial charge in [-0.05, 0) is 75.1 Å². The molecular weight excluding hydrogens is 627 g/mol. The Kier molecular flexibility index (Phi) is 7.87. The second-order valence-electron chi connectivity index (χ2n) is 14.6. The van der Waals surface area contributed by atoms with Crippen molar-refractivity contribution in [1.82, 2.24) is 25.2 Å². The molecule has 0 amide bonds. The molecule has 2 aromatic carbocycles. The number of hydrogen-bond donors (Lipinski definition) is 2. The molecule has 0 spiro atoms. The summed E-state index contributed by atoms with van der Waals surface area (Å²) in [7, 11) is 0. The molecule has 3 saturated heterocycles. The van der Waals surface area contributed by atoms with Crippen LogP contribution in [-0.2, 0) is 0 Å². The summed E-state index contributed by atoms with van der Waals surface area (Å²) >= 11 is 0. The number of pyridine rings is 1. The Morgan fingerprint density at radius 2 is 1.96 bits per heavy atom. The summed E-state index contributed by atoms with van der Waals surface area (Å²) in [5.74, 6) is 1.72. The summed E-state index contributed by atoms with van der Waals surface area (Å²) in [5.41, 5.74) is 7.33. The highest BCUT2D eigenvalue weighted by molar-refractivity contribution is 6.04. The monoisotopic (exact) mass is 669 g/mol. The van der Waals surface area contributed by atoms with Crippen LogP contribution < -0.4 is 20.7 Å². The van der Waals surface area contributed by atoms with Crippen molar-refractivity contribution >= 4 is 33.2 Å². The van der Waals surface area contributed by atoms with E-state index in [1.807, 2.05) is 0 Å². The van der Waals surface area contributed by atoms with E-state index in [-0.39, 0.29) is 53.4 Å². The number of ether oxygens (including phenoxy) is 1. The van der Waals surface area contributed by atoms with Crippen LogP contribution >= 0.6 is 0 Å². The average molecular weight is 670 g/mol. The highest BCUT2D eigenvalue weighted by Gasteiger charge is 2.49. The number of nitrogens with one attached hydrogen (secondary N) is 1. The molecule has 11 heteroatoms. The molecule has 0 unspecified atom stereocenters. The highest BCUT2D eigenvalue weighted by Crippen LogP contribution is 2.45. The lowest BCUT2D eigenvalue weighted by Gasteiger charge is -2.46. The molecule has 0 aliphatic carbocycles. The molecule has 4 aliphatic heterocycles. The Morgan fingerprint density at radius 1 is 1.12 bits per heavy atom. The molecule has 6 atom stereocenters. The number of terminal acetylenes is 1. The summed E-state index contributed by atoms with van der Waals surface area (Å²) in [6.45, 7) is 8.55. The van der Waals surface area contributed by atoms with Gasteiger partial charge >= 0.3 is 6.01 Å². The average Bonchev–Trinajstić information content (AvgIpc) is 3.61. The maximum absolute atomic E-state index is 17.4.